The van der Waals surface area contributed by atoms with Crippen molar-refractivity contribution in [1.82, 2.24) is 0 Å². The molecule has 0 radical (unpaired) electrons. The quantitative estimate of drug-likeness (QED) is 0.327. The summed E-state index contributed by atoms with van der Waals surface area (Å²) in [5.74, 6) is -0.510. The molecule has 4 aromatic carbocycles. The molecule has 4 aromatic rings. The van der Waals surface area contributed by atoms with Gasteiger partial charge in [-0.25, -0.2) is 0 Å². The first-order valence-corrected chi connectivity index (χ1v) is 8.13. The summed E-state index contributed by atoms with van der Waals surface area (Å²) in [4.78, 5) is 9.00. The van der Waals surface area contributed by atoms with E-state index in [0.29, 0.717) is 5.75 Å². The van der Waals surface area contributed by atoms with E-state index in [1.165, 1.54) is 38.1 Å². The van der Waals surface area contributed by atoms with Crippen molar-refractivity contribution in [3.8, 4) is 5.75 Å². The molecule has 0 amide bonds. The van der Waals surface area contributed by atoms with E-state index in [1.54, 1.807) is 6.07 Å². The van der Waals surface area contributed by atoms with Crippen LogP contribution in [-0.4, -0.2) is 16.2 Å². The average molecular weight is 332 g/mol. The second-order valence-corrected chi connectivity index (χ2v) is 6.21. The van der Waals surface area contributed by atoms with Gasteiger partial charge in [0.1, 0.15) is 5.75 Å². The zero-order valence-corrected chi connectivity index (χ0v) is 14.5. The molecule has 0 bridgehead atoms. The first kappa shape index (κ1) is 16.8. The first-order valence-electron chi connectivity index (χ1n) is 8.13. The molecule has 4 rings (SSSR count). The molecule has 0 aliphatic rings. The van der Waals surface area contributed by atoms with Gasteiger partial charge in [0, 0.05) is 6.92 Å². The predicted octanol–water partition coefficient (Wildman–Crippen LogP) is 5.56. The Labute approximate surface area is 146 Å². The Balaban J connectivity index is 0.000000415. The van der Waals surface area contributed by atoms with Gasteiger partial charge in [-0.3, -0.25) is 4.79 Å². The minimum absolute atomic E-state index is 0.324. The van der Waals surface area contributed by atoms with Crippen molar-refractivity contribution >= 4 is 38.3 Å². The molecular formula is C22H20O3. The minimum Gasteiger partial charge on any atom is -0.508 e. The van der Waals surface area contributed by atoms with Crippen LogP contribution in [0.25, 0.3) is 32.3 Å². The van der Waals surface area contributed by atoms with Crippen LogP contribution in [0.4, 0.5) is 0 Å². The number of rotatable bonds is 0. The van der Waals surface area contributed by atoms with Crippen LogP contribution in [0.3, 0.4) is 0 Å². The van der Waals surface area contributed by atoms with E-state index in [9.17, 15) is 5.11 Å². The van der Waals surface area contributed by atoms with Gasteiger partial charge in [-0.05, 0) is 69.4 Å². The molecule has 0 fully saturated rings. The number of aromatic hydroxyl groups is 1. The van der Waals surface area contributed by atoms with Crippen molar-refractivity contribution in [3.05, 3.63) is 65.7 Å². The maximum absolute atomic E-state index is 9.83. The summed E-state index contributed by atoms with van der Waals surface area (Å²) in [5, 5.41) is 24.7. The molecule has 2 N–H and O–H groups in total. The number of aliphatic carboxylic acids is 1. The van der Waals surface area contributed by atoms with E-state index >= 15 is 0 Å². The molecule has 0 saturated heterocycles. The summed E-state index contributed by atoms with van der Waals surface area (Å²) in [6, 6.07) is 18.5. The van der Waals surface area contributed by atoms with Gasteiger partial charge in [0.2, 0.25) is 0 Å². The SMILES string of the molecule is CC(=O)O.Cc1c2ccc(O)cc2c(C)c2c1ccc1ccccc12. The third-order valence-electron chi connectivity index (χ3n) is 4.52. The Hall–Kier alpha value is -3.07. The summed E-state index contributed by atoms with van der Waals surface area (Å²) in [6.07, 6.45) is 0. The van der Waals surface area contributed by atoms with Crippen molar-refractivity contribution < 1.29 is 15.0 Å². The van der Waals surface area contributed by atoms with E-state index in [4.69, 9.17) is 9.90 Å². The average Bonchev–Trinajstić information content (AvgIpc) is 2.58. The normalized spacial score (nSPS) is 10.7. The second-order valence-electron chi connectivity index (χ2n) is 6.21. The Morgan fingerprint density at radius 2 is 1.44 bits per heavy atom. The van der Waals surface area contributed by atoms with Gasteiger partial charge < -0.3 is 10.2 Å². The Morgan fingerprint density at radius 3 is 2.16 bits per heavy atom. The highest BCUT2D eigenvalue weighted by Gasteiger charge is 2.11. The smallest absolute Gasteiger partial charge is 0.300 e. The van der Waals surface area contributed by atoms with Crippen molar-refractivity contribution in [3.63, 3.8) is 0 Å². The van der Waals surface area contributed by atoms with Crippen LogP contribution < -0.4 is 0 Å². The molecule has 0 atom stereocenters. The number of carboxylic acids is 1. The summed E-state index contributed by atoms with van der Waals surface area (Å²) < 4.78 is 0. The number of aryl methyl sites for hydroxylation is 2. The third-order valence-corrected chi connectivity index (χ3v) is 4.52. The van der Waals surface area contributed by atoms with Crippen molar-refractivity contribution in [2.24, 2.45) is 0 Å². The minimum atomic E-state index is -0.833. The maximum atomic E-state index is 9.83. The van der Waals surface area contributed by atoms with Crippen molar-refractivity contribution in [1.29, 1.82) is 0 Å². The number of hydrogen-bond donors (Lipinski definition) is 2. The highest BCUT2D eigenvalue weighted by atomic mass is 16.4. The van der Waals surface area contributed by atoms with E-state index in [1.807, 2.05) is 12.1 Å². The van der Waals surface area contributed by atoms with Gasteiger partial charge in [0.05, 0.1) is 0 Å². The Bertz CT molecular complexity index is 1110. The van der Waals surface area contributed by atoms with Crippen LogP contribution in [0.5, 0.6) is 5.75 Å². The summed E-state index contributed by atoms with van der Waals surface area (Å²) in [7, 11) is 0. The van der Waals surface area contributed by atoms with Gasteiger partial charge in [-0.15, -0.1) is 0 Å². The summed E-state index contributed by atoms with van der Waals surface area (Å²) in [5.41, 5.74) is 2.51. The monoisotopic (exact) mass is 332 g/mol. The largest absolute Gasteiger partial charge is 0.508 e. The lowest BCUT2D eigenvalue weighted by Gasteiger charge is -2.14. The third kappa shape index (κ3) is 3.01. The van der Waals surface area contributed by atoms with Gasteiger partial charge in [-0.1, -0.05) is 42.5 Å². The molecule has 0 heterocycles. The van der Waals surface area contributed by atoms with E-state index < -0.39 is 5.97 Å². The molecule has 0 aromatic heterocycles. The molecule has 0 unspecified atom stereocenters. The number of hydrogen-bond acceptors (Lipinski definition) is 2. The summed E-state index contributed by atoms with van der Waals surface area (Å²) >= 11 is 0. The molecule has 0 saturated carbocycles. The lowest BCUT2D eigenvalue weighted by molar-refractivity contribution is -0.134. The van der Waals surface area contributed by atoms with Crippen molar-refractivity contribution in [2.75, 3.05) is 0 Å². The lowest BCUT2D eigenvalue weighted by Crippen LogP contribution is -1.89. The fourth-order valence-corrected chi connectivity index (χ4v) is 3.44. The van der Waals surface area contributed by atoms with E-state index in [0.717, 1.165) is 12.3 Å². The second kappa shape index (κ2) is 6.44. The zero-order chi connectivity index (χ0) is 18.1. The van der Waals surface area contributed by atoms with Crippen LogP contribution in [0.15, 0.2) is 54.6 Å². The van der Waals surface area contributed by atoms with Gasteiger partial charge in [0.25, 0.3) is 5.97 Å². The van der Waals surface area contributed by atoms with E-state index in [-0.39, 0.29) is 0 Å². The molecule has 0 aliphatic heterocycles. The zero-order valence-electron chi connectivity index (χ0n) is 14.5. The molecular weight excluding hydrogens is 312 g/mol. The Morgan fingerprint density at radius 1 is 0.800 bits per heavy atom. The molecule has 0 spiro atoms. The van der Waals surface area contributed by atoms with Gasteiger partial charge in [0.15, 0.2) is 0 Å². The standard InChI is InChI=1S/C20H16O.C2H4O2/c1-12-16-10-8-15(21)11-19(16)13(2)20-17(12)9-7-14-5-3-4-6-18(14)20;1-2(3)4/h3-11,21H,1-2H3;1H3,(H,3,4). The molecule has 3 heteroatoms. The molecule has 126 valence electrons. The van der Waals surface area contributed by atoms with Crippen LogP contribution >= 0.6 is 0 Å². The Kier molecular flexibility index (Phi) is 4.32. The fraction of sp³-hybridized carbons (Fsp3) is 0.136. The van der Waals surface area contributed by atoms with Crippen LogP contribution in [0, 0.1) is 13.8 Å². The maximum Gasteiger partial charge on any atom is 0.300 e. The molecule has 3 nitrogen and oxygen atoms in total. The first-order chi connectivity index (χ1) is 11.9. The van der Waals surface area contributed by atoms with Crippen molar-refractivity contribution in [2.45, 2.75) is 20.8 Å². The van der Waals surface area contributed by atoms with Crippen LogP contribution in [-0.2, 0) is 4.79 Å². The number of phenolic OH excluding ortho intramolecular Hbond substituents is 1. The fourth-order valence-electron chi connectivity index (χ4n) is 3.44. The van der Waals surface area contributed by atoms with Gasteiger partial charge in [-0.2, -0.15) is 0 Å². The highest BCUT2D eigenvalue weighted by molar-refractivity contribution is 6.16. The van der Waals surface area contributed by atoms with Crippen LogP contribution in [0.2, 0.25) is 0 Å². The lowest BCUT2D eigenvalue weighted by atomic mass is 9.90. The number of carbonyl (C=O) groups is 1. The molecule has 25 heavy (non-hydrogen) atoms. The number of carboxylic acid groups (broad SMARTS) is 1. The van der Waals surface area contributed by atoms with Crippen LogP contribution in [0.1, 0.15) is 18.1 Å². The van der Waals surface area contributed by atoms with Gasteiger partial charge >= 0.3 is 0 Å². The van der Waals surface area contributed by atoms with E-state index in [2.05, 4.69) is 50.2 Å². The summed E-state index contributed by atoms with van der Waals surface area (Å²) in [6.45, 7) is 5.39. The number of fused-ring (bicyclic) bond motifs is 4. The molecule has 0 aliphatic carbocycles. The predicted molar refractivity (Wildman–Crippen MR) is 103 cm³/mol. The number of phenols is 1. The highest BCUT2D eigenvalue weighted by Crippen LogP contribution is 2.37. The number of benzene rings is 4. The topological polar surface area (TPSA) is 57.5 Å².